The number of methoxy groups -OCH3 is 1. The van der Waals surface area contributed by atoms with Crippen LogP contribution < -0.4 is 10.1 Å². The number of ether oxygens (including phenoxy) is 1. The van der Waals surface area contributed by atoms with Gasteiger partial charge >= 0.3 is 0 Å². The Bertz CT molecular complexity index is 889. The molecule has 0 unspecified atom stereocenters. The fourth-order valence-corrected chi connectivity index (χ4v) is 3.13. The molecule has 2 N–H and O–H groups in total. The quantitative estimate of drug-likeness (QED) is 0.753. The van der Waals surface area contributed by atoms with E-state index in [9.17, 15) is 4.79 Å². The van der Waals surface area contributed by atoms with Crippen molar-refractivity contribution in [1.82, 2.24) is 4.98 Å². The number of hydrogen-bond acceptors (Lipinski definition) is 2. The number of amides is 1. The SMILES string of the molecule is COc1ccc2[nH]c(C)c(CC(=O)Nc3cc(C)cc(C)c3)c2c1. The van der Waals surface area contributed by atoms with Crippen molar-refractivity contribution in [3.05, 3.63) is 58.8 Å². The highest BCUT2D eigenvalue weighted by Crippen LogP contribution is 2.27. The number of rotatable bonds is 4. The van der Waals surface area contributed by atoms with E-state index in [0.29, 0.717) is 6.42 Å². The summed E-state index contributed by atoms with van der Waals surface area (Å²) in [6.07, 6.45) is 0.325. The molecule has 3 aromatic rings. The molecule has 0 aliphatic rings. The van der Waals surface area contributed by atoms with Gasteiger partial charge in [-0.1, -0.05) is 6.07 Å². The summed E-state index contributed by atoms with van der Waals surface area (Å²) in [5.74, 6) is 0.768. The third-order valence-electron chi connectivity index (χ3n) is 4.17. The first-order valence-electron chi connectivity index (χ1n) is 7.99. The Kier molecular flexibility index (Phi) is 4.30. The van der Waals surface area contributed by atoms with E-state index in [2.05, 4.69) is 16.4 Å². The Morgan fingerprint density at radius 2 is 1.79 bits per heavy atom. The van der Waals surface area contributed by atoms with Gasteiger partial charge in [-0.15, -0.1) is 0 Å². The number of nitrogens with one attached hydrogen (secondary N) is 2. The molecule has 0 saturated carbocycles. The molecule has 0 fully saturated rings. The molecule has 4 heteroatoms. The number of aromatic nitrogens is 1. The summed E-state index contributed by atoms with van der Waals surface area (Å²) in [6, 6.07) is 11.9. The van der Waals surface area contributed by atoms with Gasteiger partial charge < -0.3 is 15.0 Å². The fraction of sp³-hybridized carbons (Fsp3) is 0.250. The van der Waals surface area contributed by atoms with Crippen LogP contribution in [0, 0.1) is 20.8 Å². The lowest BCUT2D eigenvalue weighted by Gasteiger charge is -2.08. The van der Waals surface area contributed by atoms with E-state index in [1.54, 1.807) is 7.11 Å². The van der Waals surface area contributed by atoms with Gasteiger partial charge in [0.15, 0.2) is 0 Å². The molecule has 1 aromatic heterocycles. The molecule has 0 aliphatic carbocycles. The number of hydrogen-bond donors (Lipinski definition) is 2. The summed E-state index contributed by atoms with van der Waals surface area (Å²) in [4.78, 5) is 15.8. The number of anilines is 1. The molecule has 1 amide bonds. The average molecular weight is 322 g/mol. The zero-order valence-electron chi connectivity index (χ0n) is 14.5. The third-order valence-corrected chi connectivity index (χ3v) is 4.17. The molecule has 0 radical (unpaired) electrons. The van der Waals surface area contributed by atoms with Gasteiger partial charge in [-0.3, -0.25) is 4.79 Å². The Hall–Kier alpha value is -2.75. The van der Waals surface area contributed by atoms with Gasteiger partial charge in [-0.25, -0.2) is 0 Å². The smallest absolute Gasteiger partial charge is 0.228 e. The van der Waals surface area contributed by atoms with Crippen LogP contribution in [-0.2, 0) is 11.2 Å². The normalized spacial score (nSPS) is 10.8. The van der Waals surface area contributed by atoms with Crippen LogP contribution in [0.1, 0.15) is 22.4 Å². The second kappa shape index (κ2) is 6.40. The molecule has 0 atom stereocenters. The van der Waals surface area contributed by atoms with Crippen LogP contribution in [0.15, 0.2) is 36.4 Å². The lowest BCUT2D eigenvalue weighted by molar-refractivity contribution is -0.115. The standard InChI is InChI=1S/C20H22N2O2/c1-12-7-13(2)9-15(8-12)22-20(23)11-17-14(3)21-19-6-5-16(24-4)10-18(17)19/h5-10,21H,11H2,1-4H3,(H,22,23). The lowest BCUT2D eigenvalue weighted by Crippen LogP contribution is -2.15. The Morgan fingerprint density at radius 3 is 2.46 bits per heavy atom. The number of carbonyl (C=O) groups is 1. The predicted molar refractivity (Wildman–Crippen MR) is 97.8 cm³/mol. The second-order valence-corrected chi connectivity index (χ2v) is 6.24. The zero-order valence-corrected chi connectivity index (χ0v) is 14.5. The van der Waals surface area contributed by atoms with E-state index in [0.717, 1.165) is 44.7 Å². The van der Waals surface area contributed by atoms with Crippen LogP contribution in [0.25, 0.3) is 10.9 Å². The van der Waals surface area contributed by atoms with Crippen LogP contribution >= 0.6 is 0 Å². The first kappa shape index (κ1) is 16.1. The molecule has 1 heterocycles. The second-order valence-electron chi connectivity index (χ2n) is 6.24. The van der Waals surface area contributed by atoms with E-state index >= 15 is 0 Å². The summed E-state index contributed by atoms with van der Waals surface area (Å²) < 4.78 is 5.30. The Balaban J connectivity index is 1.86. The maximum Gasteiger partial charge on any atom is 0.228 e. The molecule has 0 spiro atoms. The van der Waals surface area contributed by atoms with Crippen molar-refractivity contribution in [2.75, 3.05) is 12.4 Å². The summed E-state index contributed by atoms with van der Waals surface area (Å²) in [5, 5.41) is 4.03. The molecule has 24 heavy (non-hydrogen) atoms. The van der Waals surface area contributed by atoms with Gasteiger partial charge in [-0.05, 0) is 67.8 Å². The summed E-state index contributed by atoms with van der Waals surface area (Å²) >= 11 is 0. The monoisotopic (exact) mass is 322 g/mol. The molecule has 124 valence electrons. The van der Waals surface area contributed by atoms with Crippen molar-refractivity contribution in [2.45, 2.75) is 27.2 Å². The van der Waals surface area contributed by atoms with E-state index in [-0.39, 0.29) is 5.91 Å². The molecular formula is C20H22N2O2. The van der Waals surface area contributed by atoms with Gasteiger partial charge in [0.05, 0.1) is 13.5 Å². The number of carbonyl (C=O) groups excluding carboxylic acids is 1. The first-order chi connectivity index (χ1) is 11.5. The van der Waals surface area contributed by atoms with E-state index in [1.165, 1.54) is 0 Å². The van der Waals surface area contributed by atoms with E-state index in [1.807, 2.05) is 51.1 Å². The van der Waals surface area contributed by atoms with Crippen LogP contribution in [-0.4, -0.2) is 18.0 Å². The fourth-order valence-electron chi connectivity index (χ4n) is 3.13. The number of benzene rings is 2. The maximum atomic E-state index is 12.5. The minimum Gasteiger partial charge on any atom is -0.497 e. The van der Waals surface area contributed by atoms with E-state index in [4.69, 9.17) is 4.74 Å². The van der Waals surface area contributed by atoms with Crippen molar-refractivity contribution >= 4 is 22.5 Å². The average Bonchev–Trinajstić information content (AvgIpc) is 2.81. The van der Waals surface area contributed by atoms with Gasteiger partial charge in [0.25, 0.3) is 0 Å². The largest absolute Gasteiger partial charge is 0.497 e. The van der Waals surface area contributed by atoms with Crippen LogP contribution in [0.2, 0.25) is 0 Å². The Labute approximate surface area is 141 Å². The molecule has 3 rings (SSSR count). The minimum atomic E-state index is -0.0215. The third kappa shape index (κ3) is 3.27. The molecule has 0 bridgehead atoms. The highest BCUT2D eigenvalue weighted by atomic mass is 16.5. The molecule has 0 aliphatic heterocycles. The maximum absolute atomic E-state index is 12.5. The molecular weight excluding hydrogens is 300 g/mol. The van der Waals surface area contributed by atoms with Crippen molar-refractivity contribution in [3.8, 4) is 5.75 Å². The summed E-state index contributed by atoms with van der Waals surface area (Å²) in [6.45, 7) is 6.05. The lowest BCUT2D eigenvalue weighted by atomic mass is 10.1. The van der Waals surface area contributed by atoms with E-state index < -0.39 is 0 Å². The van der Waals surface area contributed by atoms with Gasteiger partial charge in [-0.2, -0.15) is 0 Å². The van der Waals surface area contributed by atoms with Crippen LogP contribution in [0.4, 0.5) is 5.69 Å². The van der Waals surface area contributed by atoms with Gasteiger partial charge in [0.1, 0.15) is 5.75 Å². The number of aromatic amines is 1. The Morgan fingerprint density at radius 1 is 1.08 bits per heavy atom. The highest BCUT2D eigenvalue weighted by molar-refractivity contribution is 5.96. The topological polar surface area (TPSA) is 54.1 Å². The minimum absolute atomic E-state index is 0.0215. The van der Waals surface area contributed by atoms with Crippen molar-refractivity contribution in [1.29, 1.82) is 0 Å². The summed E-state index contributed by atoms with van der Waals surface area (Å²) in [5.41, 5.74) is 6.14. The molecule has 4 nitrogen and oxygen atoms in total. The highest BCUT2D eigenvalue weighted by Gasteiger charge is 2.13. The van der Waals surface area contributed by atoms with Crippen molar-refractivity contribution in [2.24, 2.45) is 0 Å². The van der Waals surface area contributed by atoms with Gasteiger partial charge in [0.2, 0.25) is 5.91 Å². The number of fused-ring (bicyclic) bond motifs is 1. The number of aryl methyl sites for hydroxylation is 3. The first-order valence-corrected chi connectivity index (χ1v) is 7.99. The molecule has 2 aromatic carbocycles. The van der Waals surface area contributed by atoms with Crippen molar-refractivity contribution < 1.29 is 9.53 Å². The number of H-pyrrole nitrogens is 1. The van der Waals surface area contributed by atoms with Gasteiger partial charge in [0, 0.05) is 22.3 Å². The summed E-state index contributed by atoms with van der Waals surface area (Å²) in [7, 11) is 1.65. The van der Waals surface area contributed by atoms with Crippen molar-refractivity contribution in [3.63, 3.8) is 0 Å². The zero-order chi connectivity index (χ0) is 17.3. The van der Waals surface area contributed by atoms with Crippen LogP contribution in [0.5, 0.6) is 5.75 Å². The van der Waals surface area contributed by atoms with Crippen LogP contribution in [0.3, 0.4) is 0 Å². The predicted octanol–water partition coefficient (Wildman–Crippen LogP) is 4.28. The molecule has 0 saturated heterocycles.